The first-order chi connectivity index (χ1) is 14.6. The molecule has 0 unspecified atom stereocenters. The van der Waals surface area contributed by atoms with Crippen molar-refractivity contribution in [3.8, 4) is 5.82 Å². The summed E-state index contributed by atoms with van der Waals surface area (Å²) in [5.74, 6) is 1.73. The number of carbonyl (C=O) groups is 1. The molecule has 1 aliphatic heterocycles. The molecular formula is C21H21N7OS. The van der Waals surface area contributed by atoms with Gasteiger partial charge in [-0.15, -0.1) is 11.3 Å². The van der Waals surface area contributed by atoms with E-state index >= 15 is 0 Å². The first-order valence-electron chi connectivity index (χ1n) is 9.80. The van der Waals surface area contributed by atoms with Gasteiger partial charge in [0.15, 0.2) is 0 Å². The van der Waals surface area contributed by atoms with Crippen LogP contribution >= 0.6 is 11.3 Å². The van der Waals surface area contributed by atoms with Crippen molar-refractivity contribution < 1.29 is 4.79 Å². The van der Waals surface area contributed by atoms with Crippen molar-refractivity contribution in [2.24, 2.45) is 0 Å². The molecular weight excluding hydrogens is 398 g/mol. The summed E-state index contributed by atoms with van der Waals surface area (Å²) in [7, 11) is 0. The van der Waals surface area contributed by atoms with Crippen LogP contribution in [0.3, 0.4) is 0 Å². The first-order valence-corrected chi connectivity index (χ1v) is 10.7. The average Bonchev–Trinajstić information content (AvgIpc) is 3.39. The second-order valence-corrected chi connectivity index (χ2v) is 8.22. The number of nitrogens with zero attached hydrogens (tertiary/aromatic N) is 7. The van der Waals surface area contributed by atoms with Crippen LogP contribution < -0.4 is 4.90 Å². The number of imidazole rings is 1. The average molecular weight is 420 g/mol. The highest BCUT2D eigenvalue weighted by molar-refractivity contribution is 7.16. The van der Waals surface area contributed by atoms with Crippen LogP contribution in [0, 0.1) is 13.8 Å². The summed E-state index contributed by atoms with van der Waals surface area (Å²) in [6, 6.07) is 7.69. The van der Waals surface area contributed by atoms with Gasteiger partial charge in [-0.25, -0.2) is 19.9 Å². The number of hydrogen-bond acceptors (Lipinski definition) is 7. The van der Waals surface area contributed by atoms with Crippen LogP contribution in [0.4, 0.5) is 5.82 Å². The van der Waals surface area contributed by atoms with Gasteiger partial charge < -0.3 is 9.80 Å². The van der Waals surface area contributed by atoms with Crippen LogP contribution in [-0.4, -0.2) is 61.5 Å². The Bertz CT molecular complexity index is 1220. The van der Waals surface area contributed by atoms with E-state index in [0.717, 1.165) is 51.9 Å². The fourth-order valence-electron chi connectivity index (χ4n) is 3.68. The predicted octanol–water partition coefficient (Wildman–Crippen LogP) is 2.85. The van der Waals surface area contributed by atoms with Crippen molar-refractivity contribution in [1.82, 2.24) is 29.4 Å². The van der Waals surface area contributed by atoms with E-state index in [1.165, 1.54) is 0 Å². The van der Waals surface area contributed by atoms with Gasteiger partial charge in [0.05, 0.1) is 21.4 Å². The van der Waals surface area contributed by atoms with E-state index in [4.69, 9.17) is 0 Å². The van der Waals surface area contributed by atoms with Gasteiger partial charge in [-0.1, -0.05) is 0 Å². The maximum absolute atomic E-state index is 12.9. The smallest absolute Gasteiger partial charge is 0.254 e. The molecule has 1 aliphatic rings. The molecule has 3 aromatic heterocycles. The molecule has 0 aliphatic carbocycles. The van der Waals surface area contributed by atoms with Crippen LogP contribution in [0.25, 0.3) is 16.0 Å². The number of hydrogen-bond donors (Lipinski definition) is 0. The van der Waals surface area contributed by atoms with E-state index in [0.29, 0.717) is 13.1 Å². The minimum absolute atomic E-state index is 0.0674. The normalized spacial score (nSPS) is 14.5. The lowest BCUT2D eigenvalue weighted by Gasteiger charge is -2.35. The summed E-state index contributed by atoms with van der Waals surface area (Å²) in [6.07, 6.45) is 3.37. The maximum Gasteiger partial charge on any atom is 0.254 e. The predicted molar refractivity (Wildman–Crippen MR) is 116 cm³/mol. The van der Waals surface area contributed by atoms with Crippen molar-refractivity contribution in [3.05, 3.63) is 59.4 Å². The Morgan fingerprint density at radius 1 is 0.967 bits per heavy atom. The molecule has 0 bridgehead atoms. The van der Waals surface area contributed by atoms with Gasteiger partial charge in [0.25, 0.3) is 5.91 Å². The Kier molecular flexibility index (Phi) is 4.66. The fourth-order valence-corrected chi connectivity index (χ4v) is 4.40. The molecule has 1 amide bonds. The van der Waals surface area contributed by atoms with Crippen molar-refractivity contribution in [3.63, 3.8) is 0 Å². The van der Waals surface area contributed by atoms with Gasteiger partial charge in [0.2, 0.25) is 0 Å². The highest BCUT2D eigenvalue weighted by Crippen LogP contribution is 2.22. The lowest BCUT2D eigenvalue weighted by molar-refractivity contribution is 0.0746. The van der Waals surface area contributed by atoms with E-state index in [9.17, 15) is 4.79 Å². The second kappa shape index (κ2) is 7.49. The van der Waals surface area contributed by atoms with E-state index < -0.39 is 0 Å². The summed E-state index contributed by atoms with van der Waals surface area (Å²) in [5, 5.41) is 0. The zero-order valence-electron chi connectivity index (χ0n) is 16.8. The molecule has 0 saturated carbocycles. The molecule has 0 N–H and O–H groups in total. The third-order valence-electron chi connectivity index (χ3n) is 5.61. The Morgan fingerprint density at radius 2 is 1.77 bits per heavy atom. The number of benzene rings is 1. The molecule has 1 fully saturated rings. The number of aromatic nitrogens is 5. The number of fused-ring (bicyclic) bond motifs is 1. The summed E-state index contributed by atoms with van der Waals surface area (Å²) >= 11 is 1.55. The number of aryl methyl sites for hydroxylation is 1. The van der Waals surface area contributed by atoms with Crippen molar-refractivity contribution >= 4 is 33.3 Å². The zero-order chi connectivity index (χ0) is 20.7. The Balaban J connectivity index is 1.29. The van der Waals surface area contributed by atoms with Crippen LogP contribution in [0.5, 0.6) is 0 Å². The zero-order valence-corrected chi connectivity index (χ0v) is 17.6. The lowest BCUT2D eigenvalue weighted by atomic mass is 10.1. The molecule has 0 spiro atoms. The van der Waals surface area contributed by atoms with E-state index in [-0.39, 0.29) is 5.91 Å². The highest BCUT2D eigenvalue weighted by Gasteiger charge is 2.23. The molecule has 8 nitrogen and oxygen atoms in total. The van der Waals surface area contributed by atoms with Crippen LogP contribution in [0.2, 0.25) is 0 Å². The summed E-state index contributed by atoms with van der Waals surface area (Å²) in [6.45, 7) is 6.78. The van der Waals surface area contributed by atoms with Gasteiger partial charge in [-0.3, -0.25) is 9.36 Å². The van der Waals surface area contributed by atoms with Crippen molar-refractivity contribution in [2.75, 3.05) is 31.1 Å². The molecule has 1 saturated heterocycles. The summed E-state index contributed by atoms with van der Waals surface area (Å²) < 4.78 is 3.01. The number of thiazole rings is 1. The maximum atomic E-state index is 12.9. The van der Waals surface area contributed by atoms with E-state index in [1.807, 2.05) is 47.6 Å². The number of anilines is 1. The van der Waals surface area contributed by atoms with E-state index in [2.05, 4.69) is 24.8 Å². The molecule has 4 aromatic rings. The molecule has 4 heterocycles. The molecule has 152 valence electrons. The number of piperazine rings is 1. The van der Waals surface area contributed by atoms with Crippen LogP contribution in [-0.2, 0) is 0 Å². The monoisotopic (exact) mass is 419 g/mol. The molecule has 5 rings (SSSR count). The summed E-state index contributed by atoms with van der Waals surface area (Å²) in [5.41, 5.74) is 5.51. The molecule has 1 aromatic carbocycles. The van der Waals surface area contributed by atoms with Gasteiger partial charge in [-0.2, -0.15) is 0 Å². The molecule has 0 radical (unpaired) electrons. The molecule has 9 heteroatoms. The standard InChI is InChI=1S/C21H21N7OS/c1-14-15(2)28(12-24-14)20-10-19(22-11-23-20)26-5-7-27(8-6-26)21(29)16-3-4-17-18(9-16)30-13-25-17/h3-4,9-13H,5-8H2,1-2H3. The van der Waals surface area contributed by atoms with Gasteiger partial charge in [0, 0.05) is 43.5 Å². The third kappa shape index (κ3) is 3.30. The van der Waals surface area contributed by atoms with Gasteiger partial charge in [0.1, 0.15) is 24.3 Å². The topological polar surface area (TPSA) is 80.0 Å². The highest BCUT2D eigenvalue weighted by atomic mass is 32.1. The Labute approximate surface area is 177 Å². The van der Waals surface area contributed by atoms with E-state index in [1.54, 1.807) is 29.5 Å². The SMILES string of the molecule is Cc1ncn(-c2cc(N3CCN(C(=O)c4ccc5ncsc5c4)CC3)ncn2)c1C. The second-order valence-electron chi connectivity index (χ2n) is 7.33. The number of rotatable bonds is 3. The lowest BCUT2D eigenvalue weighted by Crippen LogP contribution is -2.49. The van der Waals surface area contributed by atoms with Gasteiger partial charge in [-0.05, 0) is 32.0 Å². The Hall–Kier alpha value is -3.33. The minimum Gasteiger partial charge on any atom is -0.353 e. The Morgan fingerprint density at radius 3 is 2.53 bits per heavy atom. The molecule has 0 atom stereocenters. The number of carbonyl (C=O) groups excluding carboxylic acids is 1. The van der Waals surface area contributed by atoms with Crippen molar-refractivity contribution in [2.45, 2.75) is 13.8 Å². The largest absolute Gasteiger partial charge is 0.353 e. The first kappa shape index (κ1) is 18.7. The molecule has 30 heavy (non-hydrogen) atoms. The van der Waals surface area contributed by atoms with Crippen LogP contribution in [0.1, 0.15) is 21.7 Å². The van der Waals surface area contributed by atoms with Crippen molar-refractivity contribution in [1.29, 1.82) is 0 Å². The number of amides is 1. The third-order valence-corrected chi connectivity index (χ3v) is 6.40. The fraction of sp³-hybridized carbons (Fsp3) is 0.286. The quantitative estimate of drug-likeness (QED) is 0.508. The summed E-state index contributed by atoms with van der Waals surface area (Å²) in [4.78, 5) is 34.5. The van der Waals surface area contributed by atoms with Gasteiger partial charge >= 0.3 is 0 Å². The minimum atomic E-state index is 0.0674. The van der Waals surface area contributed by atoms with Crippen LogP contribution in [0.15, 0.2) is 42.4 Å².